The second kappa shape index (κ2) is 8.16. The summed E-state index contributed by atoms with van der Waals surface area (Å²) in [4.78, 5) is 35.9. The number of methoxy groups -OCH3 is 1. The van der Waals surface area contributed by atoms with Gasteiger partial charge in [-0.3, -0.25) is 9.59 Å². The maximum atomic E-state index is 13.4. The molecule has 1 aliphatic rings. The van der Waals surface area contributed by atoms with Crippen molar-refractivity contribution in [3.8, 4) is 11.3 Å². The topological polar surface area (TPSA) is 88.8 Å². The van der Waals surface area contributed by atoms with Gasteiger partial charge in [-0.25, -0.2) is 4.98 Å². The van der Waals surface area contributed by atoms with E-state index in [1.165, 1.54) is 12.0 Å². The molecule has 0 unspecified atom stereocenters. The molecule has 0 aliphatic carbocycles. The molecule has 2 amide bonds. The summed E-state index contributed by atoms with van der Waals surface area (Å²) in [5, 5.41) is 4.67. The van der Waals surface area contributed by atoms with Crippen molar-refractivity contribution in [1.82, 2.24) is 19.9 Å². The smallest absolute Gasteiger partial charge is 0.259 e. The number of pyridine rings is 1. The van der Waals surface area contributed by atoms with Crippen LogP contribution >= 0.6 is 11.3 Å². The number of ether oxygens (including phenoxy) is 1. The summed E-state index contributed by atoms with van der Waals surface area (Å²) >= 11 is 1.69. The van der Waals surface area contributed by atoms with Crippen molar-refractivity contribution in [3.63, 3.8) is 0 Å². The highest BCUT2D eigenvalue weighted by atomic mass is 32.1. The van der Waals surface area contributed by atoms with Crippen LogP contribution in [0.15, 0.2) is 16.7 Å². The van der Waals surface area contributed by atoms with E-state index in [2.05, 4.69) is 23.1 Å². The minimum absolute atomic E-state index is 0.0571. The molecule has 0 atom stereocenters. The van der Waals surface area contributed by atoms with Crippen LogP contribution in [0.2, 0.25) is 0 Å². The molecule has 3 aromatic heterocycles. The number of carbonyl (C=O) groups excluding carboxylic acids is 2. The van der Waals surface area contributed by atoms with Gasteiger partial charge in [0.15, 0.2) is 0 Å². The van der Waals surface area contributed by atoms with Gasteiger partial charge in [0.1, 0.15) is 6.61 Å². The Labute approximate surface area is 178 Å². The highest BCUT2D eigenvalue weighted by molar-refractivity contribution is 7.12. The molecule has 4 rings (SSSR count). The molecule has 0 N–H and O–H groups in total. The number of nitrogens with zero attached hydrogens (tertiary/aromatic N) is 4. The Morgan fingerprint density at radius 2 is 1.83 bits per heavy atom. The maximum Gasteiger partial charge on any atom is 0.259 e. The molecule has 4 heterocycles. The molecule has 0 aromatic carbocycles. The fourth-order valence-electron chi connectivity index (χ4n) is 3.83. The van der Waals surface area contributed by atoms with E-state index in [0.717, 1.165) is 10.4 Å². The molecule has 8 nitrogen and oxygen atoms in total. The maximum absolute atomic E-state index is 13.4. The van der Waals surface area contributed by atoms with Crippen molar-refractivity contribution in [2.75, 3.05) is 39.9 Å². The summed E-state index contributed by atoms with van der Waals surface area (Å²) in [6.45, 7) is 7.87. The van der Waals surface area contributed by atoms with Crippen molar-refractivity contribution < 1.29 is 18.8 Å². The minimum Gasteiger partial charge on any atom is -0.375 e. The van der Waals surface area contributed by atoms with Gasteiger partial charge in [0.05, 0.1) is 22.3 Å². The van der Waals surface area contributed by atoms with E-state index in [9.17, 15) is 9.59 Å². The zero-order valence-electron chi connectivity index (χ0n) is 17.5. The number of hydrogen-bond donors (Lipinski definition) is 0. The van der Waals surface area contributed by atoms with Crippen LogP contribution in [0.4, 0.5) is 0 Å². The van der Waals surface area contributed by atoms with Crippen LogP contribution in [0.25, 0.3) is 22.4 Å². The highest BCUT2D eigenvalue weighted by Crippen LogP contribution is 2.33. The third-order valence-corrected chi connectivity index (χ3v) is 6.32. The molecule has 0 saturated carbocycles. The lowest BCUT2D eigenvalue weighted by atomic mass is 10.0. The molecule has 1 aliphatic heterocycles. The lowest BCUT2D eigenvalue weighted by Gasteiger charge is -2.34. The number of thiophene rings is 1. The van der Waals surface area contributed by atoms with Crippen LogP contribution < -0.4 is 0 Å². The average molecular weight is 429 g/mol. The predicted octanol–water partition coefficient (Wildman–Crippen LogP) is 2.81. The van der Waals surface area contributed by atoms with Crippen LogP contribution in [0.3, 0.4) is 0 Å². The number of carbonyl (C=O) groups is 2. The summed E-state index contributed by atoms with van der Waals surface area (Å²) in [6.07, 6.45) is 0. The van der Waals surface area contributed by atoms with Crippen molar-refractivity contribution in [2.45, 2.75) is 20.8 Å². The Hall–Kier alpha value is -2.78. The van der Waals surface area contributed by atoms with E-state index in [0.29, 0.717) is 54.2 Å². The van der Waals surface area contributed by atoms with Crippen molar-refractivity contribution in [2.24, 2.45) is 0 Å². The van der Waals surface area contributed by atoms with Gasteiger partial charge in [0.25, 0.3) is 11.6 Å². The van der Waals surface area contributed by atoms with E-state index >= 15 is 0 Å². The number of rotatable bonds is 4. The van der Waals surface area contributed by atoms with Crippen molar-refractivity contribution >= 4 is 34.3 Å². The number of amides is 2. The fourth-order valence-corrected chi connectivity index (χ4v) is 4.76. The number of aryl methyl sites for hydroxylation is 3. The molecule has 3 aromatic rings. The largest absolute Gasteiger partial charge is 0.375 e. The molecule has 0 bridgehead atoms. The molecule has 1 fully saturated rings. The summed E-state index contributed by atoms with van der Waals surface area (Å²) < 4.78 is 10.3. The third-order valence-electron chi connectivity index (χ3n) is 5.35. The standard InChI is InChI=1S/C21H24N4O4S/c1-12-9-15(14(3)30-12)17-10-16(19-13(2)23-29-20(19)22-17)21(27)25-7-5-24(6-8-25)18(26)11-28-4/h9-10H,5-8,11H2,1-4H3. The molecule has 0 spiro atoms. The minimum atomic E-state index is -0.0987. The first kappa shape index (κ1) is 20.5. The molecular formula is C21H24N4O4S. The van der Waals surface area contributed by atoms with Crippen molar-refractivity contribution in [1.29, 1.82) is 0 Å². The Morgan fingerprint density at radius 3 is 2.47 bits per heavy atom. The Morgan fingerprint density at radius 1 is 1.13 bits per heavy atom. The summed E-state index contributed by atoms with van der Waals surface area (Å²) in [7, 11) is 1.50. The first-order valence-corrected chi connectivity index (χ1v) is 10.6. The van der Waals surface area contributed by atoms with Gasteiger partial charge in [-0.2, -0.15) is 0 Å². The van der Waals surface area contributed by atoms with Crippen molar-refractivity contribution in [3.05, 3.63) is 33.1 Å². The second-order valence-electron chi connectivity index (χ2n) is 7.44. The molecule has 30 heavy (non-hydrogen) atoms. The quantitative estimate of drug-likeness (QED) is 0.635. The van der Waals surface area contributed by atoms with Crippen LogP contribution in [0.5, 0.6) is 0 Å². The van der Waals surface area contributed by atoms with E-state index in [1.54, 1.807) is 21.1 Å². The molecule has 158 valence electrons. The Kier molecular flexibility index (Phi) is 5.57. The first-order valence-electron chi connectivity index (χ1n) is 9.79. The Bertz CT molecular complexity index is 1110. The first-order chi connectivity index (χ1) is 14.4. The lowest BCUT2D eigenvalue weighted by Crippen LogP contribution is -2.51. The highest BCUT2D eigenvalue weighted by Gasteiger charge is 2.28. The molecular weight excluding hydrogens is 404 g/mol. The average Bonchev–Trinajstić information content (AvgIpc) is 3.28. The van der Waals surface area contributed by atoms with Gasteiger partial charge in [0.2, 0.25) is 5.91 Å². The summed E-state index contributed by atoms with van der Waals surface area (Å²) in [5.74, 6) is -0.158. The van der Waals surface area contributed by atoms with E-state index < -0.39 is 0 Å². The summed E-state index contributed by atoms with van der Waals surface area (Å²) in [5.41, 5.74) is 3.24. The number of hydrogen-bond acceptors (Lipinski definition) is 7. The SMILES string of the molecule is COCC(=O)N1CCN(C(=O)c2cc(-c3cc(C)sc3C)nc3onc(C)c23)CC1. The zero-order valence-corrected chi connectivity index (χ0v) is 18.3. The summed E-state index contributed by atoms with van der Waals surface area (Å²) in [6, 6.07) is 3.91. The molecule has 0 radical (unpaired) electrons. The van der Waals surface area contributed by atoms with Gasteiger partial charge in [-0.15, -0.1) is 11.3 Å². The van der Waals surface area contributed by atoms with E-state index in [1.807, 2.05) is 19.9 Å². The number of aromatic nitrogens is 2. The number of piperazine rings is 1. The van der Waals surface area contributed by atoms with Crippen LogP contribution in [-0.2, 0) is 9.53 Å². The van der Waals surface area contributed by atoms with Crippen LogP contribution in [0.1, 0.15) is 25.8 Å². The van der Waals surface area contributed by atoms with Gasteiger partial charge in [-0.05, 0) is 32.9 Å². The van der Waals surface area contributed by atoms with E-state index in [-0.39, 0.29) is 18.4 Å². The lowest BCUT2D eigenvalue weighted by molar-refractivity contribution is -0.136. The second-order valence-corrected chi connectivity index (χ2v) is 8.90. The zero-order chi connectivity index (χ0) is 21.4. The normalized spacial score (nSPS) is 14.5. The van der Waals surface area contributed by atoms with Crippen LogP contribution in [0, 0.1) is 20.8 Å². The number of fused-ring (bicyclic) bond motifs is 1. The molecule has 1 saturated heterocycles. The van der Waals surface area contributed by atoms with Crippen LogP contribution in [-0.4, -0.2) is 71.7 Å². The Balaban J connectivity index is 1.66. The van der Waals surface area contributed by atoms with Gasteiger partial charge < -0.3 is 19.1 Å². The fraction of sp³-hybridized carbons (Fsp3) is 0.429. The monoisotopic (exact) mass is 428 g/mol. The predicted molar refractivity (Wildman–Crippen MR) is 114 cm³/mol. The van der Waals surface area contributed by atoms with Gasteiger partial charge in [-0.1, -0.05) is 5.16 Å². The van der Waals surface area contributed by atoms with Gasteiger partial charge in [0, 0.05) is 48.6 Å². The molecule has 9 heteroatoms. The third kappa shape index (κ3) is 3.70. The van der Waals surface area contributed by atoms with E-state index in [4.69, 9.17) is 9.26 Å². The van der Waals surface area contributed by atoms with Gasteiger partial charge >= 0.3 is 0 Å².